The van der Waals surface area contributed by atoms with Gasteiger partial charge >= 0.3 is 0 Å². The first-order valence-electron chi connectivity index (χ1n) is 24.1. The lowest BCUT2D eigenvalue weighted by Gasteiger charge is -2.11. The predicted octanol–water partition coefficient (Wildman–Crippen LogP) is 15.6. The normalized spacial score (nSPS) is 12.3. The number of fused-ring (bicyclic) bond motifs is 14. The van der Waals surface area contributed by atoms with Gasteiger partial charge in [-0.3, -0.25) is 20.0 Å². The van der Waals surface area contributed by atoms with Crippen LogP contribution in [0.5, 0.6) is 0 Å². The van der Waals surface area contributed by atoms with E-state index in [1.165, 1.54) is 6.34 Å². The van der Waals surface area contributed by atoms with E-state index in [0.717, 1.165) is 121 Å². The first kappa shape index (κ1) is 41.1. The number of hydrogen-bond acceptors (Lipinski definition) is 2. The van der Waals surface area contributed by atoms with Gasteiger partial charge in [0, 0.05) is 65.6 Å². The van der Waals surface area contributed by atoms with Gasteiger partial charge in [0.15, 0.2) is 11.7 Å². The number of amidine groups is 2. The summed E-state index contributed by atoms with van der Waals surface area (Å²) in [6.07, 6.45) is 3.32. The molecule has 0 atom stereocenters. The second-order valence-corrected chi connectivity index (χ2v) is 18.2. The van der Waals surface area contributed by atoms with Crippen LogP contribution >= 0.6 is 0 Å². The van der Waals surface area contributed by atoms with Gasteiger partial charge in [-0.15, -0.1) is 0 Å². The molecular formula is C64H42N8. The van der Waals surface area contributed by atoms with Gasteiger partial charge in [0.1, 0.15) is 6.34 Å². The minimum Gasteiger partial charge on any atom is -0.307 e. The van der Waals surface area contributed by atoms with Crippen molar-refractivity contribution >= 4 is 112 Å². The highest BCUT2D eigenvalue weighted by atomic mass is 15.1. The van der Waals surface area contributed by atoms with Crippen LogP contribution in [-0.4, -0.2) is 42.6 Å². The zero-order valence-electron chi connectivity index (χ0n) is 38.8. The van der Waals surface area contributed by atoms with Crippen LogP contribution in [0, 0.1) is 10.8 Å². The van der Waals surface area contributed by atoms with Gasteiger partial charge in [-0.25, -0.2) is 9.98 Å². The topological polar surface area (TPSA) is 92.1 Å². The third kappa shape index (κ3) is 6.26. The molecule has 0 aliphatic heterocycles. The lowest BCUT2D eigenvalue weighted by Crippen LogP contribution is -2.06. The Kier molecular flexibility index (Phi) is 9.34. The van der Waals surface area contributed by atoms with E-state index >= 15 is 0 Å². The fraction of sp³-hybridized carbons (Fsp3) is 0. The number of benzene rings is 10. The van der Waals surface area contributed by atoms with Gasteiger partial charge in [-0.1, -0.05) is 170 Å². The molecule has 0 saturated heterocycles. The fourth-order valence-corrected chi connectivity index (χ4v) is 11.1. The van der Waals surface area contributed by atoms with E-state index in [9.17, 15) is 0 Å². The van der Waals surface area contributed by atoms with E-state index in [1.807, 2.05) is 77.6 Å². The maximum absolute atomic E-state index is 8.99. The molecule has 4 heterocycles. The molecule has 14 aromatic rings. The summed E-state index contributed by atoms with van der Waals surface area (Å²) in [5.41, 5.74) is 14.3. The second-order valence-electron chi connectivity index (χ2n) is 18.2. The SMILES string of the molecule is N=Cn1c2ccccc2c2ccc3c4cc(-c5ccc6c(c5)c5ccc7c8ccccc8n(C=NC(=NC(=N)c8ccccc8)c8ccccc8)c7c5n6-c5ccccc5)ccc4n(-c4ccccc4)c3c21. The van der Waals surface area contributed by atoms with Crippen molar-refractivity contribution in [1.82, 2.24) is 18.3 Å². The summed E-state index contributed by atoms with van der Waals surface area (Å²) in [4.78, 5) is 9.98. The lowest BCUT2D eigenvalue weighted by atomic mass is 10.00. The highest BCUT2D eigenvalue weighted by Gasteiger charge is 2.23. The number of aromatic nitrogens is 4. The molecule has 338 valence electrons. The zero-order valence-corrected chi connectivity index (χ0v) is 38.8. The Balaban J connectivity index is 1.00. The number of rotatable bonds is 7. The first-order valence-corrected chi connectivity index (χ1v) is 24.1. The van der Waals surface area contributed by atoms with Gasteiger partial charge in [0.25, 0.3) is 0 Å². The van der Waals surface area contributed by atoms with Gasteiger partial charge in [-0.2, -0.15) is 0 Å². The van der Waals surface area contributed by atoms with Crippen molar-refractivity contribution in [3.63, 3.8) is 0 Å². The fourth-order valence-electron chi connectivity index (χ4n) is 11.1. The van der Waals surface area contributed by atoms with E-state index < -0.39 is 0 Å². The number of para-hydroxylation sites is 4. The minimum atomic E-state index is 0.140. The summed E-state index contributed by atoms with van der Waals surface area (Å²) in [5, 5.41) is 26.6. The highest BCUT2D eigenvalue weighted by Crippen LogP contribution is 2.44. The Hall–Kier alpha value is -9.92. The second kappa shape index (κ2) is 16.4. The maximum atomic E-state index is 8.99. The van der Waals surface area contributed by atoms with Crippen molar-refractivity contribution in [3.05, 3.63) is 242 Å². The Morgan fingerprint density at radius 1 is 0.361 bits per heavy atom. The van der Waals surface area contributed by atoms with Crippen LogP contribution in [0.25, 0.3) is 110 Å². The molecule has 0 amide bonds. The summed E-state index contributed by atoms with van der Waals surface area (Å²) < 4.78 is 8.98. The molecule has 8 heteroatoms. The Morgan fingerprint density at radius 3 is 1.28 bits per heavy atom. The van der Waals surface area contributed by atoms with Gasteiger partial charge in [-0.05, 0) is 71.8 Å². The molecule has 4 aromatic heterocycles. The molecule has 0 bridgehead atoms. The molecule has 14 rings (SSSR count). The number of aliphatic imine (C=N–C) groups is 2. The molecule has 2 N–H and O–H groups in total. The van der Waals surface area contributed by atoms with Crippen molar-refractivity contribution in [3.8, 4) is 22.5 Å². The summed E-state index contributed by atoms with van der Waals surface area (Å²) in [5.74, 6) is 0.586. The number of hydrogen-bond donors (Lipinski definition) is 2. The number of nitrogens with one attached hydrogen (secondary N) is 2. The Labute approximate surface area is 412 Å². The van der Waals surface area contributed by atoms with Crippen LogP contribution in [0.3, 0.4) is 0 Å². The molecule has 0 aliphatic carbocycles. The molecule has 0 fully saturated rings. The highest BCUT2D eigenvalue weighted by molar-refractivity contribution is 6.27. The average molecular weight is 923 g/mol. The van der Waals surface area contributed by atoms with E-state index in [-0.39, 0.29) is 5.84 Å². The molecule has 0 saturated carbocycles. The third-order valence-electron chi connectivity index (χ3n) is 14.3. The maximum Gasteiger partial charge on any atom is 0.163 e. The minimum absolute atomic E-state index is 0.140. The first-order chi connectivity index (χ1) is 35.6. The average Bonchev–Trinajstić information content (AvgIpc) is 4.17. The van der Waals surface area contributed by atoms with E-state index in [2.05, 4.69) is 177 Å². The summed E-state index contributed by atoms with van der Waals surface area (Å²) in [7, 11) is 0. The lowest BCUT2D eigenvalue weighted by molar-refractivity contribution is 1.17. The quantitative estimate of drug-likeness (QED) is 0.118. The van der Waals surface area contributed by atoms with Crippen LogP contribution < -0.4 is 0 Å². The molecule has 0 radical (unpaired) electrons. The van der Waals surface area contributed by atoms with Gasteiger partial charge in [0.2, 0.25) is 0 Å². The van der Waals surface area contributed by atoms with Gasteiger partial charge in [0.05, 0.1) is 50.5 Å². The molecular weight excluding hydrogens is 881 g/mol. The van der Waals surface area contributed by atoms with Crippen LogP contribution in [0.2, 0.25) is 0 Å². The van der Waals surface area contributed by atoms with Crippen LogP contribution in [0.4, 0.5) is 0 Å². The van der Waals surface area contributed by atoms with Crippen LogP contribution in [0.1, 0.15) is 11.1 Å². The molecule has 8 nitrogen and oxygen atoms in total. The summed E-state index contributed by atoms with van der Waals surface area (Å²) in [6, 6.07) is 80.2. The van der Waals surface area contributed by atoms with Crippen molar-refractivity contribution in [1.29, 1.82) is 10.8 Å². The largest absolute Gasteiger partial charge is 0.307 e. The Morgan fingerprint density at radius 2 is 0.778 bits per heavy atom. The van der Waals surface area contributed by atoms with Crippen molar-refractivity contribution in [2.75, 3.05) is 0 Å². The zero-order chi connectivity index (χ0) is 47.9. The van der Waals surface area contributed by atoms with Crippen molar-refractivity contribution in [2.24, 2.45) is 9.98 Å². The Bertz CT molecular complexity index is 4570. The smallest absolute Gasteiger partial charge is 0.163 e. The predicted molar refractivity (Wildman–Crippen MR) is 301 cm³/mol. The number of nitrogens with zero attached hydrogens (tertiary/aromatic N) is 6. The van der Waals surface area contributed by atoms with Crippen molar-refractivity contribution in [2.45, 2.75) is 0 Å². The van der Waals surface area contributed by atoms with Crippen LogP contribution in [-0.2, 0) is 0 Å². The van der Waals surface area contributed by atoms with E-state index in [1.54, 1.807) is 0 Å². The van der Waals surface area contributed by atoms with E-state index in [0.29, 0.717) is 5.84 Å². The van der Waals surface area contributed by atoms with Gasteiger partial charge < -0.3 is 9.13 Å². The standard InChI is InChI=1S/C64H42N8/c65-39-69-55-27-15-13-25-47(55)49-31-33-51-53-37-43(29-35-57(53)71(61(51)59(49)69)45-21-9-3-10-22-45)44-30-36-58-54(38-44)52-34-32-50-48-26-14-16-28-56(48)70(60(50)62(52)72(58)46-23-11-4-12-24-46)40-67-64(42-19-7-2-8-20-42)68-63(66)41-17-5-1-6-18-41/h1-40,65-66H. The van der Waals surface area contributed by atoms with E-state index in [4.69, 9.17) is 20.8 Å². The third-order valence-corrected chi connectivity index (χ3v) is 14.3. The molecule has 0 aliphatic rings. The van der Waals surface area contributed by atoms with Crippen molar-refractivity contribution < 1.29 is 0 Å². The summed E-state index contributed by atoms with van der Waals surface area (Å²) in [6.45, 7) is 0. The molecule has 0 spiro atoms. The van der Waals surface area contributed by atoms with Crippen LogP contribution in [0.15, 0.2) is 241 Å². The molecule has 0 unspecified atom stereocenters. The molecule has 72 heavy (non-hydrogen) atoms. The summed E-state index contributed by atoms with van der Waals surface area (Å²) >= 11 is 0. The monoisotopic (exact) mass is 922 g/mol. The molecule has 10 aromatic carbocycles.